The number of ether oxygens (including phenoxy) is 1. The SMILES string of the molecule is CCOC(=O)c1ccc(NC(=O)CN[C@H](C)c2ccco2)cc1. The Morgan fingerprint density at radius 2 is 1.96 bits per heavy atom. The molecule has 0 aliphatic carbocycles. The number of hydrogen-bond acceptors (Lipinski definition) is 5. The summed E-state index contributed by atoms with van der Waals surface area (Å²) in [6.07, 6.45) is 1.60. The van der Waals surface area contributed by atoms with Crippen molar-refractivity contribution in [2.24, 2.45) is 0 Å². The van der Waals surface area contributed by atoms with Crippen LogP contribution in [-0.4, -0.2) is 25.0 Å². The number of esters is 1. The molecular weight excluding hydrogens is 296 g/mol. The summed E-state index contributed by atoms with van der Waals surface area (Å²) in [6, 6.07) is 10.2. The van der Waals surface area contributed by atoms with Crippen molar-refractivity contribution in [2.75, 3.05) is 18.5 Å². The van der Waals surface area contributed by atoms with Gasteiger partial charge in [0, 0.05) is 5.69 Å². The van der Waals surface area contributed by atoms with Gasteiger partial charge < -0.3 is 14.5 Å². The van der Waals surface area contributed by atoms with E-state index in [1.807, 2.05) is 13.0 Å². The molecule has 6 heteroatoms. The molecule has 1 amide bonds. The highest BCUT2D eigenvalue weighted by Crippen LogP contribution is 2.12. The molecule has 2 N–H and O–H groups in total. The zero-order chi connectivity index (χ0) is 16.7. The molecule has 0 saturated carbocycles. The molecule has 0 spiro atoms. The average molecular weight is 316 g/mol. The van der Waals surface area contributed by atoms with Crippen LogP contribution in [0.25, 0.3) is 0 Å². The molecule has 1 aromatic heterocycles. The summed E-state index contributed by atoms with van der Waals surface area (Å²) in [7, 11) is 0. The van der Waals surface area contributed by atoms with Gasteiger partial charge in [-0.3, -0.25) is 10.1 Å². The van der Waals surface area contributed by atoms with Gasteiger partial charge in [-0.2, -0.15) is 0 Å². The number of hydrogen-bond donors (Lipinski definition) is 2. The van der Waals surface area contributed by atoms with Crippen molar-refractivity contribution >= 4 is 17.6 Å². The Morgan fingerprint density at radius 1 is 1.22 bits per heavy atom. The van der Waals surface area contributed by atoms with Crippen LogP contribution in [0.5, 0.6) is 0 Å². The lowest BCUT2D eigenvalue weighted by molar-refractivity contribution is -0.115. The summed E-state index contributed by atoms with van der Waals surface area (Å²) in [5, 5.41) is 5.83. The topological polar surface area (TPSA) is 80.6 Å². The third kappa shape index (κ3) is 4.96. The van der Waals surface area contributed by atoms with Crippen LogP contribution in [0.2, 0.25) is 0 Å². The van der Waals surface area contributed by atoms with Gasteiger partial charge in [-0.1, -0.05) is 0 Å². The zero-order valence-corrected chi connectivity index (χ0v) is 13.2. The Bertz CT molecular complexity index is 635. The molecule has 0 fully saturated rings. The Labute approximate surface area is 134 Å². The lowest BCUT2D eigenvalue weighted by atomic mass is 10.2. The average Bonchev–Trinajstić information content (AvgIpc) is 3.08. The second-order valence-electron chi connectivity index (χ2n) is 4.96. The molecule has 0 bridgehead atoms. The van der Waals surface area contributed by atoms with Gasteiger partial charge in [0.25, 0.3) is 0 Å². The fraction of sp³-hybridized carbons (Fsp3) is 0.294. The van der Waals surface area contributed by atoms with Crippen molar-refractivity contribution in [3.8, 4) is 0 Å². The highest BCUT2D eigenvalue weighted by molar-refractivity contribution is 5.94. The maximum atomic E-state index is 11.9. The molecule has 1 heterocycles. The van der Waals surface area contributed by atoms with E-state index in [-0.39, 0.29) is 24.5 Å². The number of carbonyl (C=O) groups excluding carboxylic acids is 2. The van der Waals surface area contributed by atoms with E-state index in [2.05, 4.69) is 10.6 Å². The van der Waals surface area contributed by atoms with Gasteiger partial charge in [0.15, 0.2) is 0 Å². The van der Waals surface area contributed by atoms with Crippen molar-refractivity contribution in [1.82, 2.24) is 5.32 Å². The molecule has 0 radical (unpaired) electrons. The molecule has 2 rings (SSSR count). The molecule has 0 saturated heterocycles. The molecule has 2 aromatic rings. The fourth-order valence-electron chi connectivity index (χ4n) is 1.99. The van der Waals surface area contributed by atoms with Crippen molar-refractivity contribution in [2.45, 2.75) is 19.9 Å². The number of carbonyl (C=O) groups is 2. The zero-order valence-electron chi connectivity index (χ0n) is 13.2. The Morgan fingerprint density at radius 3 is 2.57 bits per heavy atom. The van der Waals surface area contributed by atoms with Crippen LogP contribution in [0.15, 0.2) is 47.1 Å². The number of furan rings is 1. The number of benzene rings is 1. The van der Waals surface area contributed by atoms with E-state index in [1.165, 1.54) is 0 Å². The first kappa shape index (κ1) is 16.8. The summed E-state index contributed by atoms with van der Waals surface area (Å²) < 4.78 is 10.2. The van der Waals surface area contributed by atoms with E-state index < -0.39 is 0 Å². The van der Waals surface area contributed by atoms with Crippen LogP contribution < -0.4 is 10.6 Å². The molecule has 6 nitrogen and oxygen atoms in total. The maximum absolute atomic E-state index is 11.9. The minimum atomic E-state index is -0.376. The van der Waals surface area contributed by atoms with Gasteiger partial charge in [0.05, 0.1) is 31.0 Å². The number of nitrogens with one attached hydrogen (secondary N) is 2. The van der Waals surface area contributed by atoms with Gasteiger partial charge in [-0.15, -0.1) is 0 Å². The molecule has 0 aliphatic rings. The van der Waals surface area contributed by atoms with Gasteiger partial charge in [0.2, 0.25) is 5.91 Å². The molecule has 23 heavy (non-hydrogen) atoms. The van der Waals surface area contributed by atoms with Crippen molar-refractivity contribution in [3.63, 3.8) is 0 Å². The monoisotopic (exact) mass is 316 g/mol. The van der Waals surface area contributed by atoms with Crippen molar-refractivity contribution in [1.29, 1.82) is 0 Å². The molecule has 1 atom stereocenters. The Balaban J connectivity index is 1.82. The predicted octanol–water partition coefficient (Wildman–Crippen LogP) is 2.75. The second kappa shape index (κ2) is 8.14. The van der Waals surface area contributed by atoms with Crippen molar-refractivity contribution in [3.05, 3.63) is 54.0 Å². The third-order valence-corrected chi connectivity index (χ3v) is 3.22. The van der Waals surface area contributed by atoms with Crippen LogP contribution in [0.1, 0.15) is 36.0 Å². The first-order chi connectivity index (χ1) is 11.1. The van der Waals surface area contributed by atoms with Gasteiger partial charge in [-0.25, -0.2) is 4.79 Å². The number of amides is 1. The van der Waals surface area contributed by atoms with Gasteiger partial charge >= 0.3 is 5.97 Å². The third-order valence-electron chi connectivity index (χ3n) is 3.22. The lowest BCUT2D eigenvalue weighted by Crippen LogP contribution is -2.29. The van der Waals surface area contributed by atoms with Crippen LogP contribution >= 0.6 is 0 Å². The molecule has 122 valence electrons. The fourth-order valence-corrected chi connectivity index (χ4v) is 1.99. The number of anilines is 1. The van der Waals surface area contributed by atoms with Crippen LogP contribution in [0, 0.1) is 0 Å². The summed E-state index contributed by atoms with van der Waals surface area (Å²) in [4.78, 5) is 23.5. The van der Waals surface area contributed by atoms with E-state index in [0.717, 1.165) is 5.76 Å². The lowest BCUT2D eigenvalue weighted by Gasteiger charge is -2.11. The Hall–Kier alpha value is -2.60. The van der Waals surface area contributed by atoms with Gasteiger partial charge in [0.1, 0.15) is 5.76 Å². The molecular formula is C17H20N2O4. The summed E-state index contributed by atoms with van der Waals surface area (Å²) in [5.74, 6) is 0.225. The largest absolute Gasteiger partial charge is 0.468 e. The summed E-state index contributed by atoms with van der Waals surface area (Å²) in [6.45, 7) is 4.15. The quantitative estimate of drug-likeness (QED) is 0.768. The summed E-state index contributed by atoms with van der Waals surface area (Å²) >= 11 is 0. The predicted molar refractivity (Wildman–Crippen MR) is 86.2 cm³/mol. The van der Waals surface area contributed by atoms with E-state index in [9.17, 15) is 9.59 Å². The summed E-state index contributed by atoms with van der Waals surface area (Å²) in [5.41, 5.74) is 1.07. The minimum absolute atomic E-state index is 0.0538. The van der Waals surface area contributed by atoms with E-state index in [0.29, 0.717) is 17.9 Å². The first-order valence-corrected chi connectivity index (χ1v) is 7.44. The van der Waals surface area contributed by atoms with Crippen LogP contribution in [-0.2, 0) is 9.53 Å². The maximum Gasteiger partial charge on any atom is 0.338 e. The first-order valence-electron chi connectivity index (χ1n) is 7.44. The van der Waals surface area contributed by atoms with E-state index >= 15 is 0 Å². The van der Waals surface area contributed by atoms with E-state index in [1.54, 1.807) is 43.5 Å². The smallest absolute Gasteiger partial charge is 0.338 e. The van der Waals surface area contributed by atoms with Gasteiger partial charge in [-0.05, 0) is 50.2 Å². The second-order valence-corrected chi connectivity index (χ2v) is 4.96. The van der Waals surface area contributed by atoms with Crippen molar-refractivity contribution < 1.29 is 18.7 Å². The molecule has 0 aliphatic heterocycles. The normalized spacial score (nSPS) is 11.7. The highest BCUT2D eigenvalue weighted by Gasteiger charge is 2.10. The van der Waals surface area contributed by atoms with Crippen LogP contribution in [0.3, 0.4) is 0 Å². The highest BCUT2D eigenvalue weighted by atomic mass is 16.5. The number of rotatable bonds is 7. The van der Waals surface area contributed by atoms with Crippen LogP contribution in [0.4, 0.5) is 5.69 Å². The Kier molecular flexibility index (Phi) is 5.94. The molecule has 1 aromatic carbocycles. The van der Waals surface area contributed by atoms with E-state index in [4.69, 9.17) is 9.15 Å². The standard InChI is InChI=1S/C17H20N2O4/c1-3-22-17(21)13-6-8-14(9-7-13)19-16(20)11-18-12(2)15-5-4-10-23-15/h4-10,12,18H,3,11H2,1-2H3,(H,19,20)/t12-/m1/s1. The minimum Gasteiger partial charge on any atom is -0.468 e. The molecule has 0 unspecified atom stereocenters.